The van der Waals surface area contributed by atoms with E-state index in [1.807, 2.05) is 31.2 Å². The number of amides is 2. The molecule has 0 radical (unpaired) electrons. The number of urea groups is 1. The highest BCUT2D eigenvalue weighted by molar-refractivity contribution is 14.1. The van der Waals surface area contributed by atoms with Crippen LogP contribution >= 0.6 is 22.6 Å². The van der Waals surface area contributed by atoms with Gasteiger partial charge in [-0.05, 0) is 53.6 Å². The number of hydrogen-bond donors (Lipinski definition) is 2. The predicted octanol–water partition coefficient (Wildman–Crippen LogP) is 3.46. The van der Waals surface area contributed by atoms with Crippen molar-refractivity contribution in [2.24, 2.45) is 5.92 Å². The number of anilines is 1. The van der Waals surface area contributed by atoms with Crippen molar-refractivity contribution >= 4 is 34.3 Å². The largest absolute Gasteiger partial charge is 0.335 e. The third kappa shape index (κ3) is 4.38. The molecule has 0 saturated carbocycles. The summed E-state index contributed by atoms with van der Waals surface area (Å²) in [4.78, 5) is 11.6. The standard InChI is InChI=1S/C12H17IN2O/c1-8(2)9(3)14-12(16)15-11-6-4-5-10(13)7-11/h4-9H,1-3H3,(H2,14,15,16)/t9-/m1/s1. The van der Waals surface area contributed by atoms with E-state index in [2.05, 4.69) is 47.1 Å². The van der Waals surface area contributed by atoms with E-state index in [1.54, 1.807) is 0 Å². The van der Waals surface area contributed by atoms with Gasteiger partial charge >= 0.3 is 6.03 Å². The van der Waals surface area contributed by atoms with Gasteiger partial charge in [-0.1, -0.05) is 19.9 Å². The molecule has 0 bridgehead atoms. The quantitative estimate of drug-likeness (QED) is 0.818. The van der Waals surface area contributed by atoms with E-state index in [4.69, 9.17) is 0 Å². The molecule has 0 unspecified atom stereocenters. The summed E-state index contributed by atoms with van der Waals surface area (Å²) in [5.41, 5.74) is 0.820. The monoisotopic (exact) mass is 332 g/mol. The minimum Gasteiger partial charge on any atom is -0.335 e. The molecule has 0 spiro atoms. The lowest BCUT2D eigenvalue weighted by atomic mass is 10.1. The van der Waals surface area contributed by atoms with Gasteiger partial charge in [0.2, 0.25) is 0 Å². The van der Waals surface area contributed by atoms with Crippen molar-refractivity contribution in [3.8, 4) is 0 Å². The van der Waals surface area contributed by atoms with Gasteiger partial charge in [0, 0.05) is 15.3 Å². The lowest BCUT2D eigenvalue weighted by Gasteiger charge is -2.17. The Kier molecular flexibility index (Phi) is 5.05. The highest BCUT2D eigenvalue weighted by Gasteiger charge is 2.10. The summed E-state index contributed by atoms with van der Waals surface area (Å²) in [6.07, 6.45) is 0. The van der Waals surface area contributed by atoms with Crippen molar-refractivity contribution in [2.75, 3.05) is 5.32 Å². The number of carbonyl (C=O) groups is 1. The average Bonchev–Trinajstić information content (AvgIpc) is 2.16. The Morgan fingerprint density at radius 1 is 1.31 bits per heavy atom. The number of hydrogen-bond acceptors (Lipinski definition) is 1. The molecule has 0 aliphatic heterocycles. The van der Waals surface area contributed by atoms with E-state index < -0.39 is 0 Å². The second kappa shape index (κ2) is 6.08. The van der Waals surface area contributed by atoms with Crippen LogP contribution in [0.3, 0.4) is 0 Å². The molecule has 0 aromatic heterocycles. The number of benzene rings is 1. The summed E-state index contributed by atoms with van der Waals surface area (Å²) >= 11 is 2.22. The molecule has 0 saturated heterocycles. The second-order valence-corrected chi connectivity index (χ2v) is 5.39. The zero-order valence-electron chi connectivity index (χ0n) is 9.75. The number of nitrogens with one attached hydrogen (secondary N) is 2. The molecule has 1 aromatic carbocycles. The van der Waals surface area contributed by atoms with E-state index in [0.29, 0.717) is 5.92 Å². The lowest BCUT2D eigenvalue weighted by Crippen LogP contribution is -2.38. The van der Waals surface area contributed by atoms with Gasteiger partial charge in [0.25, 0.3) is 0 Å². The molecule has 0 heterocycles. The topological polar surface area (TPSA) is 41.1 Å². The summed E-state index contributed by atoms with van der Waals surface area (Å²) < 4.78 is 1.10. The Balaban J connectivity index is 2.52. The maximum Gasteiger partial charge on any atom is 0.319 e. The summed E-state index contributed by atoms with van der Waals surface area (Å²) in [5.74, 6) is 0.432. The molecule has 0 fully saturated rings. The Bertz CT molecular complexity index is 366. The number of carbonyl (C=O) groups excluding carboxylic acids is 1. The van der Waals surface area contributed by atoms with Crippen LogP contribution in [-0.2, 0) is 0 Å². The minimum absolute atomic E-state index is 0.150. The summed E-state index contributed by atoms with van der Waals surface area (Å²) in [6.45, 7) is 6.16. The van der Waals surface area contributed by atoms with Gasteiger partial charge in [0.1, 0.15) is 0 Å². The fraction of sp³-hybridized carbons (Fsp3) is 0.417. The third-order valence-corrected chi connectivity index (χ3v) is 3.11. The van der Waals surface area contributed by atoms with Gasteiger partial charge in [-0.2, -0.15) is 0 Å². The van der Waals surface area contributed by atoms with Crippen LogP contribution in [0.25, 0.3) is 0 Å². The Hall–Kier alpha value is -0.780. The highest BCUT2D eigenvalue weighted by atomic mass is 127. The molecule has 2 N–H and O–H groups in total. The molecule has 16 heavy (non-hydrogen) atoms. The van der Waals surface area contributed by atoms with E-state index in [-0.39, 0.29) is 12.1 Å². The first-order chi connectivity index (χ1) is 7.49. The predicted molar refractivity (Wildman–Crippen MR) is 75.6 cm³/mol. The molecular weight excluding hydrogens is 315 g/mol. The van der Waals surface area contributed by atoms with Gasteiger partial charge in [0.15, 0.2) is 0 Å². The smallest absolute Gasteiger partial charge is 0.319 e. The van der Waals surface area contributed by atoms with Gasteiger partial charge < -0.3 is 10.6 Å². The third-order valence-electron chi connectivity index (χ3n) is 2.44. The van der Waals surface area contributed by atoms with Crippen LogP contribution in [0.15, 0.2) is 24.3 Å². The zero-order chi connectivity index (χ0) is 12.1. The molecule has 1 aromatic rings. The van der Waals surface area contributed by atoms with Crippen LogP contribution in [0, 0.1) is 9.49 Å². The van der Waals surface area contributed by atoms with Gasteiger partial charge in [-0.25, -0.2) is 4.79 Å². The number of halogens is 1. The van der Waals surface area contributed by atoms with Crippen LogP contribution in [0.1, 0.15) is 20.8 Å². The Morgan fingerprint density at radius 2 is 2.00 bits per heavy atom. The highest BCUT2D eigenvalue weighted by Crippen LogP contribution is 2.12. The first-order valence-electron chi connectivity index (χ1n) is 5.32. The Labute approximate surface area is 110 Å². The summed E-state index contributed by atoms with van der Waals surface area (Å²) in [5, 5.41) is 5.71. The molecule has 1 atom stereocenters. The fourth-order valence-electron chi connectivity index (χ4n) is 1.11. The molecular formula is C12H17IN2O. The van der Waals surface area contributed by atoms with Crippen LogP contribution in [0.4, 0.5) is 10.5 Å². The van der Waals surface area contributed by atoms with Crippen molar-refractivity contribution in [1.29, 1.82) is 0 Å². The molecule has 0 aliphatic rings. The van der Waals surface area contributed by atoms with Crippen molar-refractivity contribution < 1.29 is 4.79 Å². The normalized spacial score (nSPS) is 12.3. The lowest BCUT2D eigenvalue weighted by molar-refractivity contribution is 0.246. The SMILES string of the molecule is CC(C)[C@@H](C)NC(=O)Nc1cccc(I)c1. The van der Waals surface area contributed by atoms with Gasteiger partial charge in [0.05, 0.1) is 0 Å². The maximum absolute atomic E-state index is 11.6. The van der Waals surface area contributed by atoms with Crippen molar-refractivity contribution in [3.63, 3.8) is 0 Å². The van der Waals surface area contributed by atoms with E-state index in [0.717, 1.165) is 9.26 Å². The minimum atomic E-state index is -0.150. The van der Waals surface area contributed by atoms with E-state index in [9.17, 15) is 4.79 Å². The van der Waals surface area contributed by atoms with Crippen molar-refractivity contribution in [1.82, 2.24) is 5.32 Å². The van der Waals surface area contributed by atoms with Crippen molar-refractivity contribution in [3.05, 3.63) is 27.8 Å². The van der Waals surface area contributed by atoms with E-state index >= 15 is 0 Å². The van der Waals surface area contributed by atoms with Gasteiger partial charge in [-0.3, -0.25) is 0 Å². The van der Waals surface area contributed by atoms with Crippen LogP contribution in [0.2, 0.25) is 0 Å². The molecule has 4 heteroatoms. The van der Waals surface area contributed by atoms with Gasteiger partial charge in [-0.15, -0.1) is 0 Å². The first kappa shape index (κ1) is 13.3. The van der Waals surface area contributed by atoms with Crippen LogP contribution in [0.5, 0.6) is 0 Å². The zero-order valence-corrected chi connectivity index (χ0v) is 11.9. The molecule has 1 rings (SSSR count). The Morgan fingerprint density at radius 3 is 2.56 bits per heavy atom. The summed E-state index contributed by atoms with van der Waals surface area (Å²) in [7, 11) is 0. The molecule has 3 nitrogen and oxygen atoms in total. The molecule has 88 valence electrons. The van der Waals surface area contributed by atoms with E-state index in [1.165, 1.54) is 0 Å². The summed E-state index contributed by atoms with van der Waals surface area (Å²) in [6, 6.07) is 7.73. The second-order valence-electron chi connectivity index (χ2n) is 4.14. The first-order valence-corrected chi connectivity index (χ1v) is 6.40. The van der Waals surface area contributed by atoms with Crippen LogP contribution < -0.4 is 10.6 Å². The van der Waals surface area contributed by atoms with Crippen molar-refractivity contribution in [2.45, 2.75) is 26.8 Å². The fourth-order valence-corrected chi connectivity index (χ4v) is 1.65. The van der Waals surface area contributed by atoms with Crippen LogP contribution in [-0.4, -0.2) is 12.1 Å². The average molecular weight is 332 g/mol. The maximum atomic E-state index is 11.6. The molecule has 0 aliphatic carbocycles. The molecule has 2 amide bonds. The number of rotatable bonds is 3.